The summed E-state index contributed by atoms with van der Waals surface area (Å²) in [4.78, 5) is 6.08. The topological polar surface area (TPSA) is 34.8 Å². The van der Waals surface area contributed by atoms with E-state index in [2.05, 4.69) is 20.9 Å². The van der Waals surface area contributed by atoms with Crippen LogP contribution in [0.4, 0.5) is 0 Å². The van der Waals surface area contributed by atoms with Crippen molar-refractivity contribution in [1.29, 1.82) is 0 Å². The summed E-state index contributed by atoms with van der Waals surface area (Å²) in [7, 11) is 0. The van der Waals surface area contributed by atoms with Crippen LogP contribution >= 0.6 is 27.5 Å². The zero-order valence-electron chi connectivity index (χ0n) is 11.9. The van der Waals surface area contributed by atoms with Crippen molar-refractivity contribution in [2.45, 2.75) is 0 Å². The van der Waals surface area contributed by atoms with Crippen molar-refractivity contribution in [2.24, 2.45) is 0 Å². The molecule has 112 valence electrons. The first kappa shape index (κ1) is 14.4. The highest BCUT2D eigenvalue weighted by Gasteiger charge is 2.22. The van der Waals surface area contributed by atoms with Crippen molar-refractivity contribution in [3.05, 3.63) is 76.6 Å². The summed E-state index contributed by atoms with van der Waals surface area (Å²) in [5.74, 6) is 0. The summed E-state index contributed by atoms with van der Waals surface area (Å²) < 4.78 is 3.00. The maximum atomic E-state index is 5.99. The molecule has 6 heteroatoms. The second-order valence-corrected chi connectivity index (χ2v) is 6.38. The molecule has 0 fully saturated rings. The van der Waals surface area contributed by atoms with E-state index in [1.807, 2.05) is 70.2 Å². The fourth-order valence-corrected chi connectivity index (χ4v) is 2.84. The maximum Gasteiger partial charge on any atom is 0.258 e. The van der Waals surface area contributed by atoms with E-state index < -0.39 is 0 Å². The van der Waals surface area contributed by atoms with E-state index in [1.165, 1.54) is 0 Å². The molecular weight excluding hydrogens is 376 g/mol. The predicted octanol–water partition coefficient (Wildman–Crippen LogP) is 4.09. The van der Waals surface area contributed by atoms with Gasteiger partial charge in [0.2, 0.25) is 5.52 Å². The minimum absolute atomic E-state index is 0.705. The Kier molecular flexibility index (Phi) is 3.59. The van der Waals surface area contributed by atoms with Crippen LogP contribution in [-0.2, 0) is 0 Å². The minimum Gasteiger partial charge on any atom is -0.256 e. The summed E-state index contributed by atoms with van der Waals surface area (Å²) in [5, 5.41) is 5.48. The van der Waals surface area contributed by atoms with E-state index in [4.69, 9.17) is 16.7 Å². The van der Waals surface area contributed by atoms with E-state index in [0.29, 0.717) is 5.02 Å². The Hall–Kier alpha value is -2.24. The van der Waals surface area contributed by atoms with Crippen LogP contribution in [0, 0.1) is 0 Å². The van der Waals surface area contributed by atoms with E-state index >= 15 is 0 Å². The lowest BCUT2D eigenvalue weighted by Gasteiger charge is -1.96. The lowest BCUT2D eigenvalue weighted by atomic mass is 10.1. The van der Waals surface area contributed by atoms with Gasteiger partial charge in [0.15, 0.2) is 0 Å². The van der Waals surface area contributed by atoms with Gasteiger partial charge in [-0.15, -0.1) is 4.52 Å². The van der Waals surface area contributed by atoms with Gasteiger partial charge >= 0.3 is 0 Å². The quantitative estimate of drug-likeness (QED) is 0.486. The summed E-state index contributed by atoms with van der Waals surface area (Å²) in [6, 6.07) is 15.7. The third kappa shape index (κ3) is 2.62. The Bertz CT molecular complexity index is 898. The smallest absolute Gasteiger partial charge is 0.256 e. The van der Waals surface area contributed by atoms with E-state index in [-0.39, 0.29) is 0 Å². The first-order valence-electron chi connectivity index (χ1n) is 6.99. The van der Waals surface area contributed by atoms with E-state index in [1.54, 1.807) is 6.20 Å². The molecule has 0 spiro atoms. The number of aromatic nitrogens is 4. The van der Waals surface area contributed by atoms with Gasteiger partial charge in [-0.3, -0.25) is 4.98 Å². The average molecular weight is 387 g/mol. The number of benzene rings is 2. The normalized spacial score (nSPS) is 11.0. The Labute approximate surface area is 146 Å². The van der Waals surface area contributed by atoms with Gasteiger partial charge in [0.05, 0.1) is 17.5 Å². The molecule has 0 aliphatic carbocycles. The number of nitrogens with zero attached hydrogens (tertiary/aromatic N) is 4. The lowest BCUT2D eigenvalue weighted by Crippen LogP contribution is -2.32. The molecule has 0 radical (unpaired) electrons. The van der Waals surface area contributed by atoms with Crippen LogP contribution in [0.3, 0.4) is 0 Å². The molecule has 2 heterocycles. The zero-order chi connectivity index (χ0) is 15.8. The molecule has 0 N–H and O–H groups in total. The molecule has 2 aromatic heterocycles. The average Bonchev–Trinajstić information content (AvgIpc) is 2.96. The predicted molar refractivity (Wildman–Crippen MR) is 92.7 cm³/mol. The Morgan fingerprint density at radius 3 is 2.48 bits per heavy atom. The summed E-state index contributed by atoms with van der Waals surface area (Å²) in [5.41, 5.74) is 3.75. The number of rotatable bonds is 2. The largest absolute Gasteiger partial charge is 0.258 e. The molecule has 4 rings (SSSR count). The Morgan fingerprint density at radius 1 is 1.00 bits per heavy atom. The van der Waals surface area contributed by atoms with Gasteiger partial charge in [-0.25, -0.2) is 0 Å². The first-order valence-corrected chi connectivity index (χ1v) is 8.16. The second kappa shape index (κ2) is 5.76. The van der Waals surface area contributed by atoms with Crippen molar-refractivity contribution >= 4 is 33.0 Å². The molecule has 0 amide bonds. The van der Waals surface area contributed by atoms with Crippen LogP contribution in [0.2, 0.25) is 5.02 Å². The van der Waals surface area contributed by atoms with Crippen LogP contribution < -0.4 is 4.52 Å². The van der Waals surface area contributed by atoms with Gasteiger partial charge in [-0.2, -0.15) is 0 Å². The van der Waals surface area contributed by atoms with Gasteiger partial charge in [0, 0.05) is 15.1 Å². The zero-order valence-corrected chi connectivity index (χ0v) is 14.2. The van der Waals surface area contributed by atoms with Crippen molar-refractivity contribution in [3.63, 3.8) is 0 Å². The standard InChI is InChI=1S/C17H11BrClN4/c18-13-3-7-15(8-4-13)23-21-17(12-1-5-14(19)6-2-12)16-11-20-9-10-22(16)23/h1-11H/q+1. The van der Waals surface area contributed by atoms with Gasteiger partial charge < -0.3 is 0 Å². The molecule has 0 atom stereocenters. The highest BCUT2D eigenvalue weighted by atomic mass is 79.9. The molecule has 23 heavy (non-hydrogen) atoms. The molecule has 2 aromatic carbocycles. The van der Waals surface area contributed by atoms with Crippen molar-refractivity contribution in [2.75, 3.05) is 0 Å². The molecule has 0 aliphatic rings. The minimum atomic E-state index is 0.705. The van der Waals surface area contributed by atoms with Crippen molar-refractivity contribution < 1.29 is 4.52 Å². The fraction of sp³-hybridized carbons (Fsp3) is 0. The summed E-state index contributed by atoms with van der Waals surface area (Å²) in [6.45, 7) is 0. The number of halogens is 2. The molecule has 0 unspecified atom stereocenters. The van der Waals surface area contributed by atoms with Gasteiger partial charge in [0.1, 0.15) is 11.9 Å². The molecule has 0 saturated heterocycles. The first-order chi connectivity index (χ1) is 11.2. The van der Waals surface area contributed by atoms with E-state index in [9.17, 15) is 0 Å². The van der Waals surface area contributed by atoms with Crippen LogP contribution in [-0.4, -0.2) is 14.9 Å². The third-order valence-electron chi connectivity index (χ3n) is 3.55. The number of hydrogen-bond acceptors (Lipinski definition) is 2. The van der Waals surface area contributed by atoms with Crippen LogP contribution in [0.15, 0.2) is 71.6 Å². The SMILES string of the molecule is Clc1ccc(-c2nn(-c3ccc(Br)cc3)[n+]3ccncc23)cc1. The van der Waals surface area contributed by atoms with Gasteiger partial charge in [-0.1, -0.05) is 27.5 Å². The highest BCUT2D eigenvalue weighted by Crippen LogP contribution is 2.23. The third-order valence-corrected chi connectivity index (χ3v) is 4.33. The number of fused-ring (bicyclic) bond motifs is 1. The summed E-state index contributed by atoms with van der Waals surface area (Å²) in [6.07, 6.45) is 5.45. The Balaban J connectivity index is 1.96. The lowest BCUT2D eigenvalue weighted by molar-refractivity contribution is -0.604. The van der Waals surface area contributed by atoms with Crippen LogP contribution in [0.1, 0.15) is 0 Å². The fourth-order valence-electron chi connectivity index (χ4n) is 2.45. The molecule has 0 saturated carbocycles. The summed E-state index contributed by atoms with van der Waals surface area (Å²) >= 11 is 9.44. The molecule has 4 aromatic rings. The van der Waals surface area contributed by atoms with Gasteiger partial charge in [0.25, 0.3) is 5.69 Å². The monoisotopic (exact) mass is 385 g/mol. The van der Waals surface area contributed by atoms with Crippen LogP contribution in [0.25, 0.3) is 22.5 Å². The van der Waals surface area contributed by atoms with Crippen LogP contribution in [0.5, 0.6) is 0 Å². The molecule has 4 nitrogen and oxygen atoms in total. The van der Waals surface area contributed by atoms with Crippen molar-refractivity contribution in [3.8, 4) is 16.9 Å². The molecule has 0 bridgehead atoms. The van der Waals surface area contributed by atoms with Gasteiger partial charge in [-0.05, 0) is 53.3 Å². The number of hydrogen-bond donors (Lipinski definition) is 0. The van der Waals surface area contributed by atoms with Crippen molar-refractivity contribution in [1.82, 2.24) is 14.9 Å². The van der Waals surface area contributed by atoms with E-state index in [0.717, 1.165) is 26.9 Å². The maximum absolute atomic E-state index is 5.99. The molecule has 0 aliphatic heterocycles. The Morgan fingerprint density at radius 2 is 1.74 bits per heavy atom. The second-order valence-electron chi connectivity index (χ2n) is 5.03. The highest BCUT2D eigenvalue weighted by molar-refractivity contribution is 9.10. The molecular formula is C17H11BrClN4+.